The van der Waals surface area contributed by atoms with Gasteiger partial charge in [0.2, 0.25) is 5.89 Å². The molecule has 2 rings (SSSR count). The first-order valence-corrected chi connectivity index (χ1v) is 6.49. The molecule has 1 fully saturated rings. The topological polar surface area (TPSA) is 74.4 Å². The van der Waals surface area contributed by atoms with E-state index >= 15 is 0 Å². The maximum Gasteiger partial charge on any atom is 0.318 e. The highest BCUT2D eigenvalue weighted by Gasteiger charge is 2.29. The second-order valence-electron chi connectivity index (χ2n) is 5.50. The second kappa shape index (κ2) is 5.24. The fraction of sp³-hybridized carbons (Fsp3) is 0.833. The van der Waals surface area contributed by atoms with E-state index < -0.39 is 5.60 Å². The molecule has 0 bridgehead atoms. The van der Waals surface area contributed by atoms with E-state index in [0.29, 0.717) is 24.5 Å². The predicted molar refractivity (Wildman–Crippen MR) is 68.3 cm³/mol. The van der Waals surface area contributed by atoms with Gasteiger partial charge < -0.3 is 19.7 Å². The molecule has 1 aromatic heterocycles. The van der Waals surface area contributed by atoms with Crippen molar-refractivity contribution < 1.29 is 9.52 Å². The van der Waals surface area contributed by atoms with Crippen LogP contribution >= 0.6 is 0 Å². The molecule has 6 nitrogen and oxygen atoms in total. The normalized spacial score (nSPS) is 19.5. The fourth-order valence-electron chi connectivity index (χ4n) is 1.92. The van der Waals surface area contributed by atoms with E-state index in [1.54, 1.807) is 0 Å². The first-order valence-electron chi connectivity index (χ1n) is 6.49. The summed E-state index contributed by atoms with van der Waals surface area (Å²) in [5, 5.41) is 21.2. The van der Waals surface area contributed by atoms with E-state index in [-0.39, 0.29) is 0 Å². The molecule has 0 aliphatic carbocycles. The molecule has 1 saturated heterocycles. The van der Waals surface area contributed by atoms with Crippen LogP contribution in [0.5, 0.6) is 0 Å². The zero-order chi connectivity index (χ0) is 13.2. The maximum atomic E-state index is 9.89. The van der Waals surface area contributed by atoms with E-state index in [9.17, 15) is 5.11 Å². The number of hydrogen-bond donors (Lipinski definition) is 2. The molecule has 6 heteroatoms. The largest absolute Gasteiger partial charge is 0.407 e. The number of nitrogens with one attached hydrogen (secondary N) is 1. The molecule has 1 aromatic rings. The van der Waals surface area contributed by atoms with Crippen LogP contribution in [-0.4, -0.2) is 40.0 Å². The van der Waals surface area contributed by atoms with Crippen molar-refractivity contribution in [2.75, 3.05) is 18.0 Å². The molecule has 0 amide bonds. The molecule has 0 spiro atoms. The highest BCUT2D eigenvalue weighted by Crippen LogP contribution is 2.24. The smallest absolute Gasteiger partial charge is 0.318 e. The summed E-state index contributed by atoms with van der Waals surface area (Å²) in [5.74, 6) is 0.607. The Morgan fingerprint density at radius 2 is 2.06 bits per heavy atom. The quantitative estimate of drug-likeness (QED) is 0.832. The molecule has 1 aliphatic rings. The van der Waals surface area contributed by atoms with Crippen molar-refractivity contribution in [1.29, 1.82) is 0 Å². The van der Waals surface area contributed by atoms with Gasteiger partial charge in [0.15, 0.2) is 0 Å². The van der Waals surface area contributed by atoms with Crippen LogP contribution in [0.4, 0.5) is 6.01 Å². The van der Waals surface area contributed by atoms with Gasteiger partial charge in [-0.25, -0.2) is 0 Å². The zero-order valence-corrected chi connectivity index (χ0v) is 11.3. The lowest BCUT2D eigenvalue weighted by atomic mass is 9.94. The number of anilines is 1. The van der Waals surface area contributed by atoms with E-state index in [2.05, 4.69) is 29.4 Å². The Morgan fingerprint density at radius 3 is 2.67 bits per heavy atom. The van der Waals surface area contributed by atoms with Gasteiger partial charge in [0, 0.05) is 19.1 Å². The molecule has 0 radical (unpaired) electrons. The van der Waals surface area contributed by atoms with Crippen LogP contribution in [0, 0.1) is 0 Å². The van der Waals surface area contributed by atoms with Gasteiger partial charge in [-0.2, -0.15) is 0 Å². The first-order chi connectivity index (χ1) is 8.46. The van der Waals surface area contributed by atoms with Crippen molar-refractivity contribution in [1.82, 2.24) is 15.5 Å². The predicted octanol–water partition coefficient (Wildman–Crippen LogP) is 0.919. The molecule has 2 heterocycles. The maximum absolute atomic E-state index is 9.89. The lowest BCUT2D eigenvalue weighted by molar-refractivity contribution is 0.0343. The van der Waals surface area contributed by atoms with Gasteiger partial charge in [-0.05, 0) is 19.8 Å². The summed E-state index contributed by atoms with van der Waals surface area (Å²) in [4.78, 5) is 2.03. The molecule has 0 atom stereocenters. The van der Waals surface area contributed by atoms with Gasteiger partial charge >= 0.3 is 6.01 Å². The van der Waals surface area contributed by atoms with Gasteiger partial charge in [-0.3, -0.25) is 0 Å². The SMILES string of the molecule is CC(C)NCc1nnc(N2CCC(C)(O)CC2)o1. The van der Waals surface area contributed by atoms with Crippen LogP contribution in [0.25, 0.3) is 0 Å². The van der Waals surface area contributed by atoms with Gasteiger partial charge in [0.25, 0.3) is 0 Å². The average Bonchev–Trinajstić information content (AvgIpc) is 2.75. The third kappa shape index (κ3) is 3.43. The summed E-state index contributed by atoms with van der Waals surface area (Å²) < 4.78 is 5.60. The molecule has 1 aliphatic heterocycles. The zero-order valence-electron chi connectivity index (χ0n) is 11.3. The monoisotopic (exact) mass is 254 g/mol. The molecule has 18 heavy (non-hydrogen) atoms. The van der Waals surface area contributed by atoms with Crippen LogP contribution in [0.2, 0.25) is 0 Å². The number of hydrogen-bond acceptors (Lipinski definition) is 6. The van der Waals surface area contributed by atoms with Crippen molar-refractivity contribution in [3.8, 4) is 0 Å². The van der Waals surface area contributed by atoms with Crippen molar-refractivity contribution in [2.45, 2.75) is 51.8 Å². The van der Waals surface area contributed by atoms with Gasteiger partial charge in [0.1, 0.15) is 0 Å². The lowest BCUT2D eigenvalue weighted by Gasteiger charge is -2.34. The summed E-state index contributed by atoms with van der Waals surface area (Å²) in [6, 6.07) is 0.955. The van der Waals surface area contributed by atoms with E-state index in [4.69, 9.17) is 4.42 Å². The highest BCUT2D eigenvalue weighted by molar-refractivity contribution is 5.25. The lowest BCUT2D eigenvalue weighted by Crippen LogP contribution is -2.42. The van der Waals surface area contributed by atoms with E-state index in [1.807, 2.05) is 11.8 Å². The Kier molecular flexibility index (Phi) is 3.87. The Morgan fingerprint density at radius 1 is 1.39 bits per heavy atom. The summed E-state index contributed by atoms with van der Waals surface area (Å²) in [7, 11) is 0. The standard InChI is InChI=1S/C12H22N4O2/c1-9(2)13-8-10-14-15-11(18-10)16-6-4-12(3,17)5-7-16/h9,13,17H,4-8H2,1-3H3. The molecular formula is C12H22N4O2. The van der Waals surface area contributed by atoms with Crippen LogP contribution in [0.1, 0.15) is 39.5 Å². The minimum atomic E-state index is -0.557. The van der Waals surface area contributed by atoms with Crippen molar-refractivity contribution in [2.24, 2.45) is 0 Å². The van der Waals surface area contributed by atoms with Crippen LogP contribution < -0.4 is 10.2 Å². The summed E-state index contributed by atoms with van der Waals surface area (Å²) in [6.45, 7) is 8.12. The number of piperidine rings is 1. The molecule has 2 N–H and O–H groups in total. The van der Waals surface area contributed by atoms with Crippen molar-refractivity contribution in [3.05, 3.63) is 5.89 Å². The highest BCUT2D eigenvalue weighted by atomic mass is 16.4. The van der Waals surface area contributed by atoms with Crippen LogP contribution in [-0.2, 0) is 6.54 Å². The molecule has 0 aromatic carbocycles. The Labute approximate surface area is 107 Å². The second-order valence-corrected chi connectivity index (χ2v) is 5.50. The van der Waals surface area contributed by atoms with Crippen molar-refractivity contribution in [3.63, 3.8) is 0 Å². The Balaban J connectivity index is 1.90. The minimum absolute atomic E-state index is 0.394. The third-order valence-electron chi connectivity index (χ3n) is 3.23. The van der Waals surface area contributed by atoms with Crippen LogP contribution in [0.15, 0.2) is 4.42 Å². The Bertz CT molecular complexity index is 379. The number of aliphatic hydroxyl groups is 1. The number of nitrogens with zero attached hydrogens (tertiary/aromatic N) is 3. The molecule has 102 valence electrons. The molecule has 0 unspecified atom stereocenters. The van der Waals surface area contributed by atoms with Gasteiger partial charge in [0.05, 0.1) is 12.1 Å². The van der Waals surface area contributed by atoms with Gasteiger partial charge in [-0.15, -0.1) is 5.10 Å². The summed E-state index contributed by atoms with van der Waals surface area (Å²) in [6.07, 6.45) is 1.46. The summed E-state index contributed by atoms with van der Waals surface area (Å²) >= 11 is 0. The van der Waals surface area contributed by atoms with Crippen molar-refractivity contribution >= 4 is 6.01 Å². The summed E-state index contributed by atoms with van der Waals surface area (Å²) in [5.41, 5.74) is -0.557. The van der Waals surface area contributed by atoms with E-state index in [1.165, 1.54) is 0 Å². The van der Waals surface area contributed by atoms with E-state index in [0.717, 1.165) is 25.9 Å². The average molecular weight is 254 g/mol. The van der Waals surface area contributed by atoms with Crippen LogP contribution in [0.3, 0.4) is 0 Å². The van der Waals surface area contributed by atoms with Gasteiger partial charge in [-0.1, -0.05) is 18.9 Å². The molecular weight excluding hydrogens is 232 g/mol. The third-order valence-corrected chi connectivity index (χ3v) is 3.23. The number of rotatable bonds is 4. The number of aromatic nitrogens is 2. The first kappa shape index (κ1) is 13.3. The Hall–Kier alpha value is -1.14. The molecule has 0 saturated carbocycles. The fourth-order valence-corrected chi connectivity index (χ4v) is 1.92. The minimum Gasteiger partial charge on any atom is -0.407 e.